The molecule has 0 radical (unpaired) electrons. The molecule has 4 heteroatoms. The van der Waals surface area contributed by atoms with Gasteiger partial charge in [0.2, 0.25) is 0 Å². The van der Waals surface area contributed by atoms with Gasteiger partial charge in [-0.1, -0.05) is 11.8 Å². The highest BCUT2D eigenvalue weighted by Crippen LogP contribution is 2.32. The second-order valence-electron chi connectivity index (χ2n) is 3.34. The van der Waals surface area contributed by atoms with Gasteiger partial charge in [-0.3, -0.25) is 4.98 Å². The van der Waals surface area contributed by atoms with Gasteiger partial charge in [0.1, 0.15) is 5.65 Å². The minimum atomic E-state index is 0.930. The Morgan fingerprint density at radius 3 is 2.81 bits per heavy atom. The highest BCUT2D eigenvalue weighted by atomic mass is 32.2. The third-order valence-corrected chi connectivity index (χ3v) is 3.36. The molecule has 78 valence electrons. The van der Waals surface area contributed by atoms with E-state index in [2.05, 4.69) is 21.0 Å². The molecule has 0 unspecified atom stereocenters. The Bertz CT molecular complexity index is 604. The smallest absolute Gasteiger partial charge is 0.138 e. The molecule has 0 aromatic carbocycles. The van der Waals surface area contributed by atoms with E-state index >= 15 is 0 Å². The molecule has 3 nitrogen and oxygen atoms in total. The molecule has 0 atom stereocenters. The first-order valence-corrected chi connectivity index (χ1v) is 5.75. The van der Waals surface area contributed by atoms with Crippen LogP contribution in [0.3, 0.4) is 0 Å². The van der Waals surface area contributed by atoms with Crippen molar-refractivity contribution in [2.24, 2.45) is 0 Å². The van der Waals surface area contributed by atoms with Crippen molar-refractivity contribution in [2.75, 3.05) is 0 Å². The van der Waals surface area contributed by atoms with Gasteiger partial charge in [-0.2, -0.15) is 0 Å². The maximum atomic E-state index is 4.26. The Labute approximate surface area is 96.9 Å². The van der Waals surface area contributed by atoms with Crippen LogP contribution in [0.5, 0.6) is 0 Å². The summed E-state index contributed by atoms with van der Waals surface area (Å²) in [6.07, 6.45) is 7.38. The number of nitrogens with zero attached hydrogens (tertiary/aromatic N) is 2. The lowest BCUT2D eigenvalue weighted by molar-refractivity contribution is 1.26. The van der Waals surface area contributed by atoms with Crippen LogP contribution >= 0.6 is 11.8 Å². The molecule has 16 heavy (non-hydrogen) atoms. The number of aromatic amines is 1. The van der Waals surface area contributed by atoms with Crippen LogP contribution in [0, 0.1) is 0 Å². The van der Waals surface area contributed by atoms with Gasteiger partial charge in [-0.25, -0.2) is 4.98 Å². The van der Waals surface area contributed by atoms with E-state index in [1.54, 1.807) is 30.4 Å². The van der Waals surface area contributed by atoms with Gasteiger partial charge >= 0.3 is 0 Å². The summed E-state index contributed by atoms with van der Waals surface area (Å²) < 4.78 is 0. The monoisotopic (exact) mass is 227 g/mol. The summed E-state index contributed by atoms with van der Waals surface area (Å²) in [4.78, 5) is 13.8. The average Bonchev–Trinajstić information content (AvgIpc) is 2.74. The fourth-order valence-corrected chi connectivity index (χ4v) is 2.45. The summed E-state index contributed by atoms with van der Waals surface area (Å²) in [5.41, 5.74) is 0.930. The third kappa shape index (κ3) is 1.67. The van der Waals surface area contributed by atoms with E-state index in [1.165, 1.54) is 9.79 Å². The van der Waals surface area contributed by atoms with Crippen molar-refractivity contribution >= 4 is 22.8 Å². The average molecular weight is 227 g/mol. The topological polar surface area (TPSA) is 41.6 Å². The molecule has 0 aliphatic carbocycles. The summed E-state index contributed by atoms with van der Waals surface area (Å²) in [7, 11) is 0. The Morgan fingerprint density at radius 2 is 1.94 bits per heavy atom. The molecular weight excluding hydrogens is 218 g/mol. The van der Waals surface area contributed by atoms with Crippen LogP contribution in [-0.4, -0.2) is 15.0 Å². The van der Waals surface area contributed by atoms with Crippen LogP contribution in [0.25, 0.3) is 11.0 Å². The van der Waals surface area contributed by atoms with E-state index in [0.717, 1.165) is 11.0 Å². The third-order valence-electron chi connectivity index (χ3n) is 2.29. The molecule has 0 aliphatic heterocycles. The Morgan fingerprint density at radius 1 is 1.06 bits per heavy atom. The van der Waals surface area contributed by atoms with E-state index < -0.39 is 0 Å². The quantitative estimate of drug-likeness (QED) is 0.731. The van der Waals surface area contributed by atoms with Gasteiger partial charge in [0.25, 0.3) is 0 Å². The maximum absolute atomic E-state index is 4.26. The molecular formula is C12H9N3S. The molecule has 3 aromatic rings. The van der Waals surface area contributed by atoms with E-state index in [1.807, 2.05) is 24.4 Å². The molecule has 0 bridgehead atoms. The Balaban J connectivity index is 2.01. The highest BCUT2D eigenvalue weighted by Gasteiger charge is 2.04. The van der Waals surface area contributed by atoms with E-state index in [4.69, 9.17) is 0 Å². The summed E-state index contributed by atoms with van der Waals surface area (Å²) in [6, 6.07) is 8.02. The summed E-state index contributed by atoms with van der Waals surface area (Å²) in [5.74, 6) is 0. The first-order chi connectivity index (χ1) is 7.93. The van der Waals surface area contributed by atoms with Gasteiger partial charge in [-0.05, 0) is 24.3 Å². The van der Waals surface area contributed by atoms with Gasteiger partial charge in [0, 0.05) is 40.0 Å². The predicted molar refractivity (Wildman–Crippen MR) is 64.5 cm³/mol. The standard InChI is InChI=1S/C12H9N3S/c1-2-10-11(8-15-12(10)14-5-1)16-9-3-6-13-7-4-9/h1-8H,(H,14,15). The molecule has 0 amide bonds. The van der Waals surface area contributed by atoms with Crippen LogP contribution in [0.4, 0.5) is 0 Å². The summed E-state index contributed by atoms with van der Waals surface area (Å²) >= 11 is 1.71. The van der Waals surface area contributed by atoms with Gasteiger partial charge < -0.3 is 4.98 Å². The second kappa shape index (κ2) is 3.98. The highest BCUT2D eigenvalue weighted by molar-refractivity contribution is 7.99. The SMILES string of the molecule is c1cnc2[nH]cc(Sc3ccncc3)c2c1. The number of H-pyrrole nitrogens is 1. The van der Waals surface area contributed by atoms with Gasteiger partial charge in [-0.15, -0.1) is 0 Å². The Kier molecular flexibility index (Phi) is 2.34. The number of pyridine rings is 2. The number of hydrogen-bond acceptors (Lipinski definition) is 3. The molecule has 3 rings (SSSR count). The van der Waals surface area contributed by atoms with Crippen LogP contribution in [0.2, 0.25) is 0 Å². The molecule has 0 spiro atoms. The van der Waals surface area contributed by atoms with Crippen LogP contribution < -0.4 is 0 Å². The Hall–Kier alpha value is -1.81. The van der Waals surface area contributed by atoms with E-state index in [0.29, 0.717) is 0 Å². The van der Waals surface area contributed by atoms with E-state index in [-0.39, 0.29) is 0 Å². The van der Waals surface area contributed by atoms with Crippen molar-refractivity contribution in [3.63, 3.8) is 0 Å². The van der Waals surface area contributed by atoms with Crippen molar-refractivity contribution in [2.45, 2.75) is 9.79 Å². The van der Waals surface area contributed by atoms with Crippen molar-refractivity contribution in [3.8, 4) is 0 Å². The normalized spacial score (nSPS) is 10.8. The lowest BCUT2D eigenvalue weighted by Crippen LogP contribution is -1.74. The molecule has 0 saturated heterocycles. The fraction of sp³-hybridized carbons (Fsp3) is 0. The van der Waals surface area contributed by atoms with Crippen LogP contribution in [-0.2, 0) is 0 Å². The molecule has 0 fully saturated rings. The van der Waals surface area contributed by atoms with Crippen LogP contribution in [0.15, 0.2) is 58.8 Å². The largest absolute Gasteiger partial charge is 0.345 e. The first kappa shape index (κ1) is 9.42. The van der Waals surface area contributed by atoms with Gasteiger partial charge in [0.15, 0.2) is 0 Å². The zero-order valence-corrected chi connectivity index (χ0v) is 9.24. The van der Waals surface area contributed by atoms with Crippen molar-refractivity contribution in [1.82, 2.24) is 15.0 Å². The summed E-state index contributed by atoms with van der Waals surface area (Å²) in [6.45, 7) is 0. The minimum absolute atomic E-state index is 0.930. The zero-order chi connectivity index (χ0) is 10.8. The number of fused-ring (bicyclic) bond motifs is 1. The number of hydrogen-bond donors (Lipinski definition) is 1. The van der Waals surface area contributed by atoms with Crippen molar-refractivity contribution < 1.29 is 0 Å². The molecule has 3 aromatic heterocycles. The summed E-state index contributed by atoms with van der Waals surface area (Å²) in [5, 5.41) is 1.16. The first-order valence-electron chi connectivity index (χ1n) is 4.93. The maximum Gasteiger partial charge on any atom is 0.138 e. The van der Waals surface area contributed by atoms with Gasteiger partial charge in [0.05, 0.1) is 0 Å². The van der Waals surface area contributed by atoms with Crippen LogP contribution in [0.1, 0.15) is 0 Å². The second-order valence-corrected chi connectivity index (χ2v) is 4.45. The molecule has 0 saturated carbocycles. The van der Waals surface area contributed by atoms with E-state index in [9.17, 15) is 0 Å². The zero-order valence-electron chi connectivity index (χ0n) is 8.42. The van der Waals surface area contributed by atoms with Crippen molar-refractivity contribution in [3.05, 3.63) is 49.1 Å². The number of aromatic nitrogens is 3. The molecule has 1 N–H and O–H groups in total. The number of rotatable bonds is 2. The number of nitrogens with one attached hydrogen (secondary N) is 1. The lowest BCUT2D eigenvalue weighted by atomic mass is 10.3. The predicted octanol–water partition coefficient (Wildman–Crippen LogP) is 3.11. The molecule has 3 heterocycles. The van der Waals surface area contributed by atoms with Crippen molar-refractivity contribution in [1.29, 1.82) is 0 Å². The minimum Gasteiger partial charge on any atom is -0.345 e. The lowest BCUT2D eigenvalue weighted by Gasteiger charge is -1.98. The molecule has 0 aliphatic rings. The fourth-order valence-electron chi connectivity index (χ4n) is 1.55.